The summed E-state index contributed by atoms with van der Waals surface area (Å²) in [6.07, 6.45) is 7.97. The highest BCUT2D eigenvalue weighted by Crippen LogP contribution is 2.27. The van der Waals surface area contributed by atoms with Gasteiger partial charge in [-0.3, -0.25) is 4.90 Å². The molecule has 2 saturated heterocycles. The summed E-state index contributed by atoms with van der Waals surface area (Å²) in [6.45, 7) is 4.95. The Labute approximate surface area is 123 Å². The second-order valence-corrected chi connectivity index (χ2v) is 6.46. The molecule has 1 aromatic carbocycles. The molecule has 1 aromatic rings. The summed E-state index contributed by atoms with van der Waals surface area (Å²) in [4.78, 5) is 2.72. The van der Waals surface area contributed by atoms with Crippen molar-refractivity contribution >= 4 is 0 Å². The molecule has 0 amide bonds. The maximum Gasteiger partial charge on any atom is 0.0249 e. The number of nitrogens with zero attached hydrogens (tertiary/aromatic N) is 1. The number of rotatable bonds is 5. The van der Waals surface area contributed by atoms with Gasteiger partial charge in [0.1, 0.15) is 0 Å². The number of fused-ring (bicyclic) bond motifs is 1. The summed E-state index contributed by atoms with van der Waals surface area (Å²) < 4.78 is 0. The van der Waals surface area contributed by atoms with E-state index in [0.717, 1.165) is 12.1 Å². The van der Waals surface area contributed by atoms with Crippen molar-refractivity contribution in [2.75, 3.05) is 13.1 Å². The minimum absolute atomic E-state index is 0.629. The third kappa shape index (κ3) is 3.24. The molecule has 2 fully saturated rings. The van der Waals surface area contributed by atoms with Gasteiger partial charge >= 0.3 is 0 Å². The molecule has 110 valence electrons. The summed E-state index contributed by atoms with van der Waals surface area (Å²) >= 11 is 0. The Morgan fingerprint density at radius 3 is 2.80 bits per heavy atom. The minimum Gasteiger partial charge on any atom is -0.309 e. The molecule has 20 heavy (non-hydrogen) atoms. The Hall–Kier alpha value is -0.860. The minimum atomic E-state index is 0.629. The first-order valence-electron chi connectivity index (χ1n) is 8.41. The Bertz CT molecular complexity index is 403. The summed E-state index contributed by atoms with van der Waals surface area (Å²) in [5.74, 6) is 0. The lowest BCUT2D eigenvalue weighted by Gasteiger charge is -2.34. The highest BCUT2D eigenvalue weighted by molar-refractivity contribution is 5.16. The Kier molecular flexibility index (Phi) is 4.74. The van der Waals surface area contributed by atoms with E-state index in [1.807, 2.05) is 0 Å². The van der Waals surface area contributed by atoms with Crippen LogP contribution < -0.4 is 5.32 Å². The fraction of sp³-hybridized carbons (Fsp3) is 0.667. The van der Waals surface area contributed by atoms with E-state index in [2.05, 4.69) is 47.5 Å². The van der Waals surface area contributed by atoms with Gasteiger partial charge in [0.25, 0.3) is 0 Å². The van der Waals surface area contributed by atoms with E-state index in [4.69, 9.17) is 0 Å². The summed E-state index contributed by atoms with van der Waals surface area (Å²) in [6, 6.07) is 13.1. The maximum absolute atomic E-state index is 3.97. The number of piperidine rings is 1. The van der Waals surface area contributed by atoms with Crippen molar-refractivity contribution in [1.82, 2.24) is 10.2 Å². The summed E-state index contributed by atoms with van der Waals surface area (Å²) in [7, 11) is 0. The first kappa shape index (κ1) is 14.1. The quantitative estimate of drug-likeness (QED) is 0.885. The Morgan fingerprint density at radius 2 is 2.00 bits per heavy atom. The molecule has 2 heteroatoms. The molecule has 2 aliphatic heterocycles. The molecule has 2 aliphatic rings. The molecule has 0 spiro atoms. The van der Waals surface area contributed by atoms with Gasteiger partial charge in [-0.1, -0.05) is 43.7 Å². The van der Waals surface area contributed by atoms with Crippen LogP contribution in [-0.2, 0) is 6.42 Å². The average molecular weight is 272 g/mol. The zero-order chi connectivity index (χ0) is 13.8. The van der Waals surface area contributed by atoms with Gasteiger partial charge in [-0.15, -0.1) is 0 Å². The van der Waals surface area contributed by atoms with E-state index < -0.39 is 0 Å². The molecule has 0 radical (unpaired) electrons. The van der Waals surface area contributed by atoms with Gasteiger partial charge in [-0.25, -0.2) is 0 Å². The van der Waals surface area contributed by atoms with Crippen LogP contribution >= 0.6 is 0 Å². The third-order valence-electron chi connectivity index (χ3n) is 5.12. The topological polar surface area (TPSA) is 15.3 Å². The van der Waals surface area contributed by atoms with Crippen LogP contribution in [0.1, 0.15) is 44.6 Å². The molecule has 0 aromatic heterocycles. The van der Waals surface area contributed by atoms with E-state index in [-0.39, 0.29) is 0 Å². The first-order valence-corrected chi connectivity index (χ1v) is 8.41. The molecule has 3 rings (SSSR count). The number of hydrogen-bond donors (Lipinski definition) is 1. The molecule has 0 saturated carbocycles. The molecule has 3 unspecified atom stereocenters. The molecular weight excluding hydrogens is 244 g/mol. The van der Waals surface area contributed by atoms with Crippen molar-refractivity contribution in [3.63, 3.8) is 0 Å². The average Bonchev–Trinajstić information content (AvgIpc) is 2.91. The molecule has 2 nitrogen and oxygen atoms in total. The number of hydrogen-bond acceptors (Lipinski definition) is 2. The molecule has 1 N–H and O–H groups in total. The van der Waals surface area contributed by atoms with E-state index in [0.29, 0.717) is 6.04 Å². The van der Waals surface area contributed by atoms with Crippen LogP contribution in [0.4, 0.5) is 0 Å². The van der Waals surface area contributed by atoms with Gasteiger partial charge in [0, 0.05) is 24.7 Å². The maximum atomic E-state index is 3.97. The molecular formula is C18H28N2. The Balaban J connectivity index is 1.57. The van der Waals surface area contributed by atoms with E-state index in [9.17, 15) is 0 Å². The van der Waals surface area contributed by atoms with E-state index >= 15 is 0 Å². The van der Waals surface area contributed by atoms with Crippen LogP contribution in [0.3, 0.4) is 0 Å². The second kappa shape index (κ2) is 6.73. The van der Waals surface area contributed by atoms with Gasteiger partial charge < -0.3 is 5.32 Å². The van der Waals surface area contributed by atoms with Crippen LogP contribution in [-0.4, -0.2) is 36.1 Å². The zero-order valence-electron chi connectivity index (χ0n) is 12.7. The normalized spacial score (nSPS) is 28.2. The van der Waals surface area contributed by atoms with Gasteiger partial charge in [0.05, 0.1) is 0 Å². The monoisotopic (exact) mass is 272 g/mol. The van der Waals surface area contributed by atoms with Crippen molar-refractivity contribution in [2.45, 2.75) is 63.6 Å². The lowest BCUT2D eigenvalue weighted by molar-refractivity contribution is 0.176. The van der Waals surface area contributed by atoms with E-state index in [1.54, 1.807) is 0 Å². The van der Waals surface area contributed by atoms with E-state index in [1.165, 1.54) is 57.2 Å². The Morgan fingerprint density at radius 1 is 1.15 bits per heavy atom. The van der Waals surface area contributed by atoms with Gasteiger partial charge in [-0.05, 0) is 44.2 Å². The predicted octanol–water partition coefficient (Wildman–Crippen LogP) is 3.22. The van der Waals surface area contributed by atoms with Crippen LogP contribution in [0.2, 0.25) is 0 Å². The van der Waals surface area contributed by atoms with Gasteiger partial charge in [0.15, 0.2) is 0 Å². The van der Waals surface area contributed by atoms with Crippen LogP contribution in [0.15, 0.2) is 30.3 Å². The number of benzene rings is 1. The van der Waals surface area contributed by atoms with Crippen LogP contribution in [0.5, 0.6) is 0 Å². The fourth-order valence-corrected chi connectivity index (χ4v) is 3.96. The standard InChI is InChI=1S/C18H28N2/c1-2-16(14-15-8-4-3-5-9-15)19-17-11-13-20-12-7-6-10-18(17)20/h3-5,8-9,16-19H,2,6-7,10-14H2,1H3. The summed E-state index contributed by atoms with van der Waals surface area (Å²) in [5, 5.41) is 3.97. The van der Waals surface area contributed by atoms with Crippen molar-refractivity contribution < 1.29 is 0 Å². The largest absolute Gasteiger partial charge is 0.309 e. The molecule has 0 bridgehead atoms. The second-order valence-electron chi connectivity index (χ2n) is 6.46. The zero-order valence-corrected chi connectivity index (χ0v) is 12.7. The van der Waals surface area contributed by atoms with Crippen LogP contribution in [0, 0.1) is 0 Å². The lowest BCUT2D eigenvalue weighted by Crippen LogP contribution is -2.48. The van der Waals surface area contributed by atoms with Gasteiger partial charge in [-0.2, -0.15) is 0 Å². The number of nitrogens with one attached hydrogen (secondary N) is 1. The highest BCUT2D eigenvalue weighted by atomic mass is 15.2. The van der Waals surface area contributed by atoms with Crippen molar-refractivity contribution in [1.29, 1.82) is 0 Å². The van der Waals surface area contributed by atoms with Crippen molar-refractivity contribution in [3.05, 3.63) is 35.9 Å². The molecule has 0 aliphatic carbocycles. The summed E-state index contributed by atoms with van der Waals surface area (Å²) in [5.41, 5.74) is 1.46. The lowest BCUT2D eigenvalue weighted by atomic mass is 9.96. The predicted molar refractivity (Wildman–Crippen MR) is 85.0 cm³/mol. The third-order valence-corrected chi connectivity index (χ3v) is 5.12. The van der Waals surface area contributed by atoms with Crippen molar-refractivity contribution in [3.8, 4) is 0 Å². The molecule has 3 atom stereocenters. The first-order chi connectivity index (χ1) is 9.86. The van der Waals surface area contributed by atoms with Gasteiger partial charge in [0.2, 0.25) is 0 Å². The van der Waals surface area contributed by atoms with Crippen molar-refractivity contribution in [2.24, 2.45) is 0 Å². The van der Waals surface area contributed by atoms with Crippen LogP contribution in [0.25, 0.3) is 0 Å². The highest BCUT2D eigenvalue weighted by Gasteiger charge is 2.35. The smallest absolute Gasteiger partial charge is 0.0249 e. The SMILES string of the molecule is CCC(Cc1ccccc1)NC1CCN2CCCCC12. The fourth-order valence-electron chi connectivity index (χ4n) is 3.96. The molecule has 2 heterocycles.